The average Bonchev–Trinajstić information content (AvgIpc) is 3.33. The van der Waals surface area contributed by atoms with E-state index in [0.717, 1.165) is 30.0 Å². The highest BCUT2D eigenvalue weighted by molar-refractivity contribution is 5.90. The van der Waals surface area contributed by atoms with Gasteiger partial charge in [-0.2, -0.15) is 0 Å². The zero-order valence-corrected chi connectivity index (χ0v) is 22.4. The van der Waals surface area contributed by atoms with E-state index < -0.39 is 23.7 Å². The van der Waals surface area contributed by atoms with Crippen LogP contribution in [-0.2, 0) is 32.0 Å². The van der Waals surface area contributed by atoms with Crippen LogP contribution in [0.25, 0.3) is 22.3 Å². The second-order valence-corrected chi connectivity index (χ2v) is 9.82. The normalized spacial score (nSPS) is 13.6. The van der Waals surface area contributed by atoms with Crippen LogP contribution < -0.4 is 9.47 Å². The Morgan fingerprint density at radius 3 is 1.98 bits per heavy atom. The number of hydrogen-bond acceptors (Lipinski definition) is 6. The van der Waals surface area contributed by atoms with E-state index in [4.69, 9.17) is 14.2 Å². The molecule has 1 aliphatic rings. The molecule has 0 fully saturated rings. The first-order valence-corrected chi connectivity index (χ1v) is 12.7. The molecule has 1 aliphatic carbocycles. The van der Waals surface area contributed by atoms with Gasteiger partial charge in [0, 0.05) is 34.8 Å². The molecular weight excluding hydrogens is 511 g/mol. The molecule has 1 unspecified atom stereocenters. The molecule has 0 saturated carbocycles. The standard InChI is InChI=1S/C33H29FO6/c1-6-31(35)38-18-21-11-22-7-8-23(13-25(22)12-21)24-9-10-29(30(34)16-24)26-14-27(39-32(36)19(2)3)17-28(15-26)40-33(37)20(4)5/h6-10,13-17,21H,1-2,4,11-12,18H2,3,5H3. The molecule has 0 amide bonds. The molecule has 0 bridgehead atoms. The van der Waals surface area contributed by atoms with Crippen molar-refractivity contribution in [3.05, 3.63) is 109 Å². The SMILES string of the molecule is C=CC(=O)OCC1Cc2ccc(-c3ccc(-c4cc(OC(=O)C(=C)C)cc(OC(=O)C(=C)C)c4)c(F)c3)cc2C1. The summed E-state index contributed by atoms with van der Waals surface area (Å²) in [5.74, 6) is -1.94. The van der Waals surface area contributed by atoms with Gasteiger partial charge < -0.3 is 14.2 Å². The molecular formula is C33H29FO6. The van der Waals surface area contributed by atoms with Crippen molar-refractivity contribution in [2.45, 2.75) is 26.7 Å². The van der Waals surface area contributed by atoms with Crippen molar-refractivity contribution in [2.24, 2.45) is 5.92 Å². The van der Waals surface area contributed by atoms with E-state index in [1.165, 1.54) is 43.7 Å². The molecule has 3 aromatic carbocycles. The smallest absolute Gasteiger partial charge is 0.338 e. The number of hydrogen-bond donors (Lipinski definition) is 0. The molecule has 40 heavy (non-hydrogen) atoms. The minimum atomic E-state index is -0.664. The minimum Gasteiger partial charge on any atom is -0.462 e. The largest absolute Gasteiger partial charge is 0.462 e. The molecule has 1 atom stereocenters. The van der Waals surface area contributed by atoms with Crippen LogP contribution in [0.3, 0.4) is 0 Å². The van der Waals surface area contributed by atoms with Crippen LogP contribution in [0.1, 0.15) is 25.0 Å². The third-order valence-electron chi connectivity index (χ3n) is 6.46. The summed E-state index contributed by atoms with van der Waals surface area (Å²) in [5.41, 5.74) is 4.80. The Labute approximate surface area is 232 Å². The van der Waals surface area contributed by atoms with E-state index in [-0.39, 0.29) is 34.1 Å². The van der Waals surface area contributed by atoms with Crippen molar-refractivity contribution in [3.8, 4) is 33.8 Å². The Kier molecular flexibility index (Phi) is 8.43. The second kappa shape index (κ2) is 11.9. The number of carbonyl (C=O) groups excluding carboxylic acids is 3. The number of fused-ring (bicyclic) bond motifs is 1. The van der Waals surface area contributed by atoms with Crippen LogP contribution in [0.2, 0.25) is 0 Å². The fourth-order valence-electron chi connectivity index (χ4n) is 4.43. The zero-order chi connectivity index (χ0) is 29.0. The maximum absolute atomic E-state index is 15.5. The number of benzene rings is 3. The summed E-state index contributed by atoms with van der Waals surface area (Å²) >= 11 is 0. The molecule has 3 aromatic rings. The first kappa shape index (κ1) is 28.2. The van der Waals surface area contributed by atoms with E-state index in [2.05, 4.69) is 19.7 Å². The van der Waals surface area contributed by atoms with Crippen LogP contribution in [-0.4, -0.2) is 24.5 Å². The molecule has 6 nitrogen and oxygen atoms in total. The molecule has 0 aliphatic heterocycles. The van der Waals surface area contributed by atoms with E-state index in [1.54, 1.807) is 12.1 Å². The fraction of sp³-hybridized carbons (Fsp3) is 0.182. The van der Waals surface area contributed by atoms with Gasteiger partial charge in [0.05, 0.1) is 6.61 Å². The summed E-state index contributed by atoms with van der Waals surface area (Å²) in [5, 5.41) is 0. The molecule has 0 radical (unpaired) electrons. The molecule has 0 saturated heterocycles. The Hall–Kier alpha value is -4.78. The molecule has 7 heteroatoms. The highest BCUT2D eigenvalue weighted by Crippen LogP contribution is 2.36. The number of carbonyl (C=O) groups is 3. The van der Waals surface area contributed by atoms with Gasteiger partial charge in [-0.15, -0.1) is 0 Å². The highest BCUT2D eigenvalue weighted by Gasteiger charge is 2.23. The first-order chi connectivity index (χ1) is 19.0. The van der Waals surface area contributed by atoms with Crippen LogP contribution in [0.15, 0.2) is 91.6 Å². The maximum atomic E-state index is 15.5. The molecule has 204 valence electrons. The summed E-state index contributed by atoms with van der Waals surface area (Å²) in [4.78, 5) is 35.6. The molecule has 0 spiro atoms. The van der Waals surface area contributed by atoms with Gasteiger partial charge in [-0.25, -0.2) is 18.8 Å². The van der Waals surface area contributed by atoms with E-state index in [9.17, 15) is 14.4 Å². The Morgan fingerprint density at radius 2 is 1.40 bits per heavy atom. The zero-order valence-electron chi connectivity index (χ0n) is 22.4. The van der Waals surface area contributed by atoms with Gasteiger partial charge >= 0.3 is 17.9 Å². The molecule has 0 N–H and O–H groups in total. The van der Waals surface area contributed by atoms with E-state index >= 15 is 4.39 Å². The van der Waals surface area contributed by atoms with Crippen molar-refractivity contribution in [1.82, 2.24) is 0 Å². The lowest BCUT2D eigenvalue weighted by Crippen LogP contribution is -2.12. The van der Waals surface area contributed by atoms with Crippen molar-refractivity contribution in [2.75, 3.05) is 6.61 Å². The maximum Gasteiger partial charge on any atom is 0.338 e. The predicted molar refractivity (Wildman–Crippen MR) is 150 cm³/mol. The average molecular weight is 541 g/mol. The predicted octanol–water partition coefficient (Wildman–Crippen LogP) is 6.57. The Bertz CT molecular complexity index is 1500. The van der Waals surface area contributed by atoms with Crippen LogP contribution in [0.5, 0.6) is 11.5 Å². The number of esters is 3. The number of ether oxygens (including phenoxy) is 3. The minimum absolute atomic E-state index is 0.0745. The van der Waals surface area contributed by atoms with Gasteiger partial charge in [-0.1, -0.05) is 50.1 Å². The molecule has 0 aromatic heterocycles. The monoisotopic (exact) mass is 540 g/mol. The molecule has 0 heterocycles. The summed E-state index contributed by atoms with van der Waals surface area (Å²) in [6.45, 7) is 13.9. The van der Waals surface area contributed by atoms with Crippen molar-refractivity contribution in [1.29, 1.82) is 0 Å². The lowest BCUT2D eigenvalue weighted by atomic mass is 9.97. The van der Waals surface area contributed by atoms with Crippen LogP contribution in [0.4, 0.5) is 4.39 Å². The molecule has 4 rings (SSSR count). The van der Waals surface area contributed by atoms with Crippen LogP contribution >= 0.6 is 0 Å². The Morgan fingerprint density at radius 1 is 0.825 bits per heavy atom. The van der Waals surface area contributed by atoms with E-state index in [1.807, 2.05) is 18.2 Å². The highest BCUT2D eigenvalue weighted by atomic mass is 19.1. The van der Waals surface area contributed by atoms with Gasteiger partial charge in [0.1, 0.15) is 17.3 Å². The third-order valence-corrected chi connectivity index (χ3v) is 6.46. The van der Waals surface area contributed by atoms with Gasteiger partial charge in [-0.05, 0) is 72.7 Å². The summed E-state index contributed by atoms with van der Waals surface area (Å²) in [6.07, 6.45) is 2.71. The van der Waals surface area contributed by atoms with Gasteiger partial charge in [0.25, 0.3) is 0 Å². The summed E-state index contributed by atoms with van der Waals surface area (Å²) < 4.78 is 31.4. The summed E-state index contributed by atoms with van der Waals surface area (Å²) in [6, 6.07) is 15.2. The number of halogens is 1. The van der Waals surface area contributed by atoms with Crippen molar-refractivity contribution < 1.29 is 33.0 Å². The topological polar surface area (TPSA) is 78.9 Å². The van der Waals surface area contributed by atoms with Crippen LogP contribution in [0, 0.1) is 11.7 Å². The quantitative estimate of drug-likeness (QED) is 0.174. The number of rotatable bonds is 9. The van der Waals surface area contributed by atoms with Gasteiger partial charge in [-0.3, -0.25) is 0 Å². The fourth-order valence-corrected chi connectivity index (χ4v) is 4.43. The van der Waals surface area contributed by atoms with Crippen molar-refractivity contribution >= 4 is 17.9 Å². The third kappa shape index (κ3) is 6.61. The summed E-state index contributed by atoms with van der Waals surface area (Å²) in [7, 11) is 0. The lowest BCUT2D eigenvalue weighted by molar-refractivity contribution is -0.139. The van der Waals surface area contributed by atoms with Gasteiger partial charge in [0.15, 0.2) is 0 Å². The lowest BCUT2D eigenvalue weighted by Gasteiger charge is -2.13. The Balaban J connectivity index is 1.61. The first-order valence-electron chi connectivity index (χ1n) is 12.7. The second-order valence-electron chi connectivity index (χ2n) is 9.82. The van der Waals surface area contributed by atoms with E-state index in [0.29, 0.717) is 17.7 Å². The van der Waals surface area contributed by atoms with Crippen molar-refractivity contribution in [3.63, 3.8) is 0 Å². The van der Waals surface area contributed by atoms with Gasteiger partial charge in [0.2, 0.25) is 0 Å².